The summed E-state index contributed by atoms with van der Waals surface area (Å²) < 4.78 is 18.3. The number of aromatic amines is 1. The zero-order valence-electron chi connectivity index (χ0n) is 8.98. The number of carbonyl (C=O) groups is 1. The minimum Gasteiger partial charge on any atom is -0.476 e. The van der Waals surface area contributed by atoms with Gasteiger partial charge in [-0.25, -0.2) is 14.2 Å². The van der Waals surface area contributed by atoms with Gasteiger partial charge in [0.25, 0.3) is 0 Å². The molecule has 3 rings (SSSR count). The number of hydrogen-bond acceptors (Lipinski definition) is 3. The zero-order valence-corrected chi connectivity index (χ0v) is 8.98. The van der Waals surface area contributed by atoms with E-state index >= 15 is 0 Å². The minimum absolute atomic E-state index is 0.143. The molecule has 0 bridgehead atoms. The van der Waals surface area contributed by atoms with Crippen LogP contribution >= 0.6 is 0 Å². The summed E-state index contributed by atoms with van der Waals surface area (Å²) in [4.78, 5) is 17.5. The van der Waals surface area contributed by atoms with Crippen molar-refractivity contribution in [2.45, 2.75) is 0 Å². The van der Waals surface area contributed by atoms with Gasteiger partial charge in [-0.15, -0.1) is 0 Å². The fourth-order valence-corrected chi connectivity index (χ4v) is 1.77. The second-order valence-electron chi connectivity index (χ2n) is 3.74. The van der Waals surface area contributed by atoms with Gasteiger partial charge in [0.2, 0.25) is 5.89 Å². The number of carboxylic acids is 1. The fourth-order valence-electron chi connectivity index (χ4n) is 1.77. The average Bonchev–Trinajstić information content (AvgIpc) is 2.93. The number of hydrogen-bond donors (Lipinski definition) is 2. The number of carboxylic acid groups (broad SMARTS) is 1. The third-order valence-electron chi connectivity index (χ3n) is 2.60. The highest BCUT2D eigenvalue weighted by atomic mass is 19.1. The van der Waals surface area contributed by atoms with Crippen LogP contribution in [0.3, 0.4) is 0 Å². The first-order valence-electron chi connectivity index (χ1n) is 5.11. The van der Waals surface area contributed by atoms with Crippen molar-refractivity contribution in [3.63, 3.8) is 0 Å². The quantitative estimate of drug-likeness (QED) is 0.728. The number of nitrogens with one attached hydrogen (secondary N) is 1. The summed E-state index contributed by atoms with van der Waals surface area (Å²) in [5.41, 5.74) is 1.06. The molecule has 0 saturated carbocycles. The standard InChI is InChI=1S/C12H7FN2O3/c13-6-1-2-9-7(3-6)8(4-14-9)11-15-10(5-18-11)12(16)17/h1-5,14H,(H,16,17). The number of aromatic carboxylic acids is 1. The molecule has 0 aliphatic carbocycles. The first kappa shape index (κ1) is 10.5. The lowest BCUT2D eigenvalue weighted by atomic mass is 10.2. The van der Waals surface area contributed by atoms with Crippen LogP contribution in [0.25, 0.3) is 22.4 Å². The first-order chi connectivity index (χ1) is 8.65. The molecular formula is C12H7FN2O3. The van der Waals surface area contributed by atoms with Crippen molar-refractivity contribution in [1.29, 1.82) is 0 Å². The van der Waals surface area contributed by atoms with E-state index in [1.54, 1.807) is 12.3 Å². The SMILES string of the molecule is O=C(O)c1coc(-c2c[nH]c3ccc(F)cc23)n1. The van der Waals surface area contributed by atoms with E-state index in [0.717, 1.165) is 11.8 Å². The molecule has 2 N–H and O–H groups in total. The second-order valence-corrected chi connectivity index (χ2v) is 3.74. The third kappa shape index (κ3) is 1.55. The van der Waals surface area contributed by atoms with Crippen LogP contribution in [-0.2, 0) is 0 Å². The Bertz CT molecular complexity index is 745. The molecule has 5 nitrogen and oxygen atoms in total. The molecule has 2 aromatic heterocycles. The van der Waals surface area contributed by atoms with E-state index in [2.05, 4.69) is 9.97 Å². The van der Waals surface area contributed by atoms with Crippen LogP contribution < -0.4 is 0 Å². The Morgan fingerprint density at radius 3 is 3.00 bits per heavy atom. The Balaban J connectivity index is 2.18. The summed E-state index contributed by atoms with van der Waals surface area (Å²) in [5, 5.41) is 9.35. The summed E-state index contributed by atoms with van der Waals surface area (Å²) in [5.74, 6) is -1.41. The lowest BCUT2D eigenvalue weighted by Gasteiger charge is -1.93. The molecule has 0 radical (unpaired) electrons. The molecular weight excluding hydrogens is 239 g/mol. The van der Waals surface area contributed by atoms with Gasteiger partial charge < -0.3 is 14.5 Å². The number of H-pyrrole nitrogens is 1. The predicted octanol–water partition coefficient (Wildman–Crippen LogP) is 2.66. The monoisotopic (exact) mass is 246 g/mol. The number of fused-ring (bicyclic) bond motifs is 1. The molecule has 0 aliphatic rings. The van der Waals surface area contributed by atoms with Crippen molar-refractivity contribution in [1.82, 2.24) is 9.97 Å². The molecule has 18 heavy (non-hydrogen) atoms. The van der Waals surface area contributed by atoms with Crippen molar-refractivity contribution >= 4 is 16.9 Å². The van der Waals surface area contributed by atoms with Crippen LogP contribution in [0.5, 0.6) is 0 Å². The number of rotatable bonds is 2. The normalized spacial score (nSPS) is 10.9. The topological polar surface area (TPSA) is 79.1 Å². The number of nitrogens with zero attached hydrogens (tertiary/aromatic N) is 1. The van der Waals surface area contributed by atoms with Crippen LogP contribution in [0.4, 0.5) is 4.39 Å². The Morgan fingerprint density at radius 2 is 2.28 bits per heavy atom. The van der Waals surface area contributed by atoms with E-state index in [1.807, 2.05) is 0 Å². The maximum atomic E-state index is 13.2. The molecule has 0 spiro atoms. The molecule has 0 saturated heterocycles. The van der Waals surface area contributed by atoms with Gasteiger partial charge in [-0.3, -0.25) is 0 Å². The van der Waals surface area contributed by atoms with Gasteiger partial charge in [0, 0.05) is 17.1 Å². The lowest BCUT2D eigenvalue weighted by molar-refractivity contribution is 0.0690. The third-order valence-corrected chi connectivity index (χ3v) is 2.60. The summed E-state index contributed by atoms with van der Waals surface area (Å²) in [6, 6.07) is 4.27. The van der Waals surface area contributed by atoms with E-state index < -0.39 is 5.97 Å². The first-order valence-corrected chi connectivity index (χ1v) is 5.11. The Morgan fingerprint density at radius 1 is 1.44 bits per heavy atom. The van der Waals surface area contributed by atoms with Crippen LogP contribution in [0.2, 0.25) is 0 Å². The molecule has 1 aromatic carbocycles. The van der Waals surface area contributed by atoms with Gasteiger partial charge >= 0.3 is 5.97 Å². The Hall–Kier alpha value is -2.63. The van der Waals surface area contributed by atoms with Crippen molar-refractivity contribution in [3.05, 3.63) is 42.2 Å². The Kier molecular flexibility index (Phi) is 2.16. The maximum Gasteiger partial charge on any atom is 0.357 e. The van der Waals surface area contributed by atoms with Gasteiger partial charge in [-0.2, -0.15) is 0 Å². The zero-order chi connectivity index (χ0) is 12.7. The van der Waals surface area contributed by atoms with Crippen molar-refractivity contribution in [3.8, 4) is 11.5 Å². The van der Waals surface area contributed by atoms with Crippen LogP contribution in [0.15, 0.2) is 35.1 Å². The molecule has 0 fully saturated rings. The second kappa shape index (κ2) is 3.69. The highest BCUT2D eigenvalue weighted by Crippen LogP contribution is 2.28. The molecule has 90 valence electrons. The molecule has 0 amide bonds. The lowest BCUT2D eigenvalue weighted by Crippen LogP contribution is -1.95. The van der Waals surface area contributed by atoms with Gasteiger partial charge in [0.15, 0.2) is 5.69 Å². The van der Waals surface area contributed by atoms with Crippen molar-refractivity contribution in [2.24, 2.45) is 0 Å². The summed E-state index contributed by atoms with van der Waals surface area (Å²) in [6.45, 7) is 0. The predicted molar refractivity (Wildman–Crippen MR) is 60.7 cm³/mol. The smallest absolute Gasteiger partial charge is 0.357 e. The van der Waals surface area contributed by atoms with E-state index in [4.69, 9.17) is 9.52 Å². The molecule has 2 heterocycles. The van der Waals surface area contributed by atoms with Gasteiger partial charge in [0.1, 0.15) is 12.1 Å². The van der Waals surface area contributed by atoms with E-state index in [1.165, 1.54) is 12.1 Å². The van der Waals surface area contributed by atoms with Crippen LogP contribution in [-0.4, -0.2) is 21.0 Å². The van der Waals surface area contributed by atoms with E-state index in [9.17, 15) is 9.18 Å². The number of aromatic nitrogens is 2. The molecule has 0 aliphatic heterocycles. The average molecular weight is 246 g/mol. The van der Waals surface area contributed by atoms with Gasteiger partial charge in [-0.1, -0.05) is 0 Å². The fraction of sp³-hybridized carbons (Fsp3) is 0. The van der Waals surface area contributed by atoms with Crippen molar-refractivity contribution < 1.29 is 18.7 Å². The molecule has 3 aromatic rings. The van der Waals surface area contributed by atoms with Gasteiger partial charge in [-0.05, 0) is 18.2 Å². The van der Waals surface area contributed by atoms with Gasteiger partial charge in [0.05, 0.1) is 5.56 Å². The van der Waals surface area contributed by atoms with Crippen molar-refractivity contribution in [2.75, 3.05) is 0 Å². The highest BCUT2D eigenvalue weighted by Gasteiger charge is 2.15. The number of benzene rings is 1. The van der Waals surface area contributed by atoms with E-state index in [0.29, 0.717) is 10.9 Å². The van der Waals surface area contributed by atoms with E-state index in [-0.39, 0.29) is 17.4 Å². The maximum absolute atomic E-state index is 13.2. The number of oxazole rings is 1. The minimum atomic E-state index is -1.17. The summed E-state index contributed by atoms with van der Waals surface area (Å²) in [6.07, 6.45) is 2.65. The summed E-state index contributed by atoms with van der Waals surface area (Å²) >= 11 is 0. The van der Waals surface area contributed by atoms with Crippen LogP contribution in [0, 0.1) is 5.82 Å². The Labute approximate surface area is 99.9 Å². The molecule has 0 atom stereocenters. The largest absolute Gasteiger partial charge is 0.476 e. The van der Waals surface area contributed by atoms with Crippen LogP contribution in [0.1, 0.15) is 10.5 Å². The molecule has 6 heteroatoms. The summed E-state index contributed by atoms with van der Waals surface area (Å²) in [7, 11) is 0. The molecule has 0 unspecified atom stereocenters. The highest BCUT2D eigenvalue weighted by molar-refractivity contribution is 5.94. The number of halogens is 1.